The Morgan fingerprint density at radius 2 is 1.71 bits per heavy atom. The van der Waals surface area contributed by atoms with E-state index in [0.717, 1.165) is 18.2 Å². The van der Waals surface area contributed by atoms with Gasteiger partial charge in [-0.15, -0.1) is 0 Å². The number of nitrogens with zero attached hydrogens (tertiary/aromatic N) is 1. The maximum absolute atomic E-state index is 13.1. The third-order valence-corrected chi connectivity index (χ3v) is 6.00. The van der Waals surface area contributed by atoms with Crippen LogP contribution in [0.2, 0.25) is 0 Å². The Labute approximate surface area is 157 Å². The Hall–Kier alpha value is -2.49. The molecule has 1 aliphatic rings. The van der Waals surface area contributed by atoms with Crippen LogP contribution in [0.5, 0.6) is 0 Å². The molecule has 3 rings (SSSR count). The average molecular weight is 421 g/mol. The lowest BCUT2D eigenvalue weighted by atomic mass is 9.77. The molecule has 1 aromatic heterocycles. The molecule has 1 heterocycles. The lowest BCUT2D eigenvalue weighted by molar-refractivity contribution is -0.145. The van der Waals surface area contributed by atoms with Gasteiger partial charge >= 0.3 is 16.2 Å². The van der Waals surface area contributed by atoms with Gasteiger partial charge in [-0.2, -0.15) is 0 Å². The predicted octanol–water partition coefficient (Wildman–Crippen LogP) is 5.21. The number of Topliss-reactive ketones (excluding diaryl/α,β-unsaturated/α-hetero) is 1. The van der Waals surface area contributed by atoms with Gasteiger partial charge in [0.25, 0.3) is 0 Å². The minimum atomic E-state index is -9.98. The summed E-state index contributed by atoms with van der Waals surface area (Å²) < 4.78 is 69.4. The molecule has 152 valence electrons. The first kappa shape index (κ1) is 20.2. The van der Waals surface area contributed by atoms with Gasteiger partial charge in [-0.05, 0) is 48.2 Å². The summed E-state index contributed by atoms with van der Waals surface area (Å²) in [6.07, 6.45) is 0.333. The molecule has 0 saturated carbocycles. The van der Waals surface area contributed by atoms with E-state index in [0.29, 0.717) is 17.8 Å². The van der Waals surface area contributed by atoms with E-state index in [1.807, 2.05) is 6.92 Å². The minimum absolute atomic E-state index is 0.0916. The number of fused-ring (bicyclic) bond motifs is 1. The number of ketones is 1. The smallest absolute Gasteiger partial charge is 0.325 e. The van der Waals surface area contributed by atoms with Crippen molar-refractivity contribution in [2.45, 2.75) is 30.7 Å². The van der Waals surface area contributed by atoms with Crippen molar-refractivity contribution in [3.05, 3.63) is 58.3 Å². The first-order chi connectivity index (χ1) is 12.6. The molecule has 1 aliphatic carbocycles. The molecule has 0 fully saturated rings. The van der Waals surface area contributed by atoms with Gasteiger partial charge in [0.1, 0.15) is 0 Å². The van der Waals surface area contributed by atoms with E-state index in [9.17, 15) is 29.0 Å². The quantitative estimate of drug-likeness (QED) is 0.388. The van der Waals surface area contributed by atoms with E-state index in [2.05, 4.69) is 4.98 Å². The molecule has 2 aromatic rings. The second-order valence-corrected chi connectivity index (χ2v) is 9.21. The zero-order valence-corrected chi connectivity index (χ0v) is 15.9. The van der Waals surface area contributed by atoms with Gasteiger partial charge in [0, 0.05) is 18.2 Å². The highest BCUT2D eigenvalue weighted by Crippen LogP contribution is 3.01. The van der Waals surface area contributed by atoms with Crippen LogP contribution in [-0.4, -0.2) is 23.8 Å². The first-order valence-corrected chi connectivity index (χ1v) is 9.99. The maximum atomic E-state index is 13.1. The molecule has 0 amide bonds. The van der Waals surface area contributed by atoms with Gasteiger partial charge in [0.15, 0.2) is 16.2 Å². The monoisotopic (exact) mass is 421 g/mol. The number of hydrogen-bond acceptors (Lipinski definition) is 4. The van der Waals surface area contributed by atoms with Crippen LogP contribution in [0.3, 0.4) is 0 Å². The third-order valence-electron chi connectivity index (χ3n) is 4.97. The minimum Gasteiger partial charge on any atom is -0.468 e. The van der Waals surface area contributed by atoms with Crippen LogP contribution >= 0.6 is 10.2 Å². The van der Waals surface area contributed by atoms with Crippen molar-refractivity contribution >= 4 is 22.0 Å². The highest BCUT2D eigenvalue weighted by Gasteiger charge is 2.67. The summed E-state index contributed by atoms with van der Waals surface area (Å²) in [5.74, 6) is -1.66. The SMILES string of the molecule is COC(=O)C1(c2ccc(S(F)(F)(F)(F)F)nc2)Cc2cc(C)c(C)cc2C1=O. The molecule has 0 N–H and O–H groups in total. The van der Waals surface area contributed by atoms with Crippen LogP contribution in [0.1, 0.15) is 32.6 Å². The van der Waals surface area contributed by atoms with Gasteiger partial charge in [-0.25, -0.2) is 4.98 Å². The van der Waals surface area contributed by atoms with E-state index in [4.69, 9.17) is 4.74 Å². The second kappa shape index (κ2) is 5.31. The molecule has 0 aliphatic heterocycles. The average Bonchev–Trinajstić information content (AvgIpc) is 2.86. The largest absolute Gasteiger partial charge is 0.468 e. The third kappa shape index (κ3) is 3.05. The second-order valence-electron chi connectivity index (χ2n) is 6.85. The van der Waals surface area contributed by atoms with E-state index in [1.54, 1.807) is 19.1 Å². The van der Waals surface area contributed by atoms with Gasteiger partial charge in [0.05, 0.1) is 7.11 Å². The zero-order chi connectivity index (χ0) is 21.2. The number of halogens is 5. The van der Waals surface area contributed by atoms with Crippen molar-refractivity contribution in [1.82, 2.24) is 4.98 Å². The summed E-state index contributed by atoms with van der Waals surface area (Å²) in [4.78, 5) is 28.5. The number of esters is 1. The van der Waals surface area contributed by atoms with Crippen molar-refractivity contribution in [3.8, 4) is 0 Å². The first-order valence-electron chi connectivity index (χ1n) is 8.04. The lowest BCUT2D eigenvalue weighted by Gasteiger charge is -2.39. The van der Waals surface area contributed by atoms with Crippen LogP contribution in [0.15, 0.2) is 35.5 Å². The van der Waals surface area contributed by atoms with E-state index in [-0.39, 0.29) is 23.6 Å². The predicted molar refractivity (Wildman–Crippen MR) is 93.3 cm³/mol. The molecule has 10 heteroatoms. The molecule has 1 unspecified atom stereocenters. The normalized spacial score (nSPS) is 21.6. The van der Waals surface area contributed by atoms with E-state index in [1.165, 1.54) is 0 Å². The topological polar surface area (TPSA) is 56.3 Å². The molecule has 1 atom stereocenters. The van der Waals surface area contributed by atoms with Crippen LogP contribution in [0, 0.1) is 13.8 Å². The standard InChI is InChI=1S/C18H16F5NO3S/c1-10-6-12-8-18(17(26)27-3,16(25)14(12)7-11(10)2)13-4-5-15(24-9-13)28(19,20,21,22)23/h4-7,9H,8H2,1-3H3. The van der Waals surface area contributed by atoms with Gasteiger partial charge in [-0.3, -0.25) is 9.59 Å². The highest BCUT2D eigenvalue weighted by atomic mass is 32.5. The molecule has 0 radical (unpaired) electrons. The molecule has 1 aromatic carbocycles. The number of ether oxygens (including phenoxy) is 1. The number of methoxy groups -OCH3 is 1. The van der Waals surface area contributed by atoms with Crippen LogP contribution in [0.25, 0.3) is 0 Å². The Balaban J connectivity index is 2.18. The number of carbonyl (C=O) groups is 2. The number of carbonyl (C=O) groups excluding carboxylic acids is 2. The number of pyridine rings is 1. The summed E-state index contributed by atoms with van der Waals surface area (Å²) in [5, 5.41) is -2.33. The van der Waals surface area contributed by atoms with Crippen molar-refractivity contribution < 1.29 is 33.8 Å². The molecule has 4 nitrogen and oxygen atoms in total. The van der Waals surface area contributed by atoms with Gasteiger partial charge < -0.3 is 4.74 Å². The van der Waals surface area contributed by atoms with Crippen LogP contribution in [0.4, 0.5) is 19.4 Å². The molecule has 0 spiro atoms. The number of benzene rings is 1. The van der Waals surface area contributed by atoms with Crippen LogP contribution < -0.4 is 0 Å². The fourth-order valence-electron chi connectivity index (χ4n) is 3.38. The molecular weight excluding hydrogens is 405 g/mol. The molecule has 0 bridgehead atoms. The van der Waals surface area contributed by atoms with Crippen molar-refractivity contribution in [2.75, 3.05) is 7.11 Å². The summed E-state index contributed by atoms with van der Waals surface area (Å²) >= 11 is 0. The Kier molecular flexibility index (Phi) is 3.84. The molecule has 28 heavy (non-hydrogen) atoms. The van der Waals surface area contributed by atoms with E-state index < -0.39 is 32.4 Å². The number of aryl methyl sites for hydroxylation is 2. The summed E-state index contributed by atoms with van der Waals surface area (Å²) in [7, 11) is -8.94. The fraction of sp³-hybridized carbons (Fsp3) is 0.278. The van der Waals surface area contributed by atoms with Crippen LogP contribution in [-0.2, 0) is 21.4 Å². The number of aromatic nitrogens is 1. The summed E-state index contributed by atoms with van der Waals surface area (Å²) in [6, 6.07) is 4.08. The highest BCUT2D eigenvalue weighted by molar-refractivity contribution is 8.45. The maximum Gasteiger partial charge on any atom is 0.325 e. The zero-order valence-electron chi connectivity index (χ0n) is 15.1. The summed E-state index contributed by atoms with van der Waals surface area (Å²) in [6.45, 7) is 3.58. The van der Waals surface area contributed by atoms with Crippen molar-refractivity contribution in [3.63, 3.8) is 0 Å². The number of rotatable bonds is 3. The number of hydrogen-bond donors (Lipinski definition) is 0. The van der Waals surface area contributed by atoms with Gasteiger partial charge in [0.2, 0.25) is 0 Å². The lowest BCUT2D eigenvalue weighted by Crippen LogP contribution is -2.43. The van der Waals surface area contributed by atoms with Gasteiger partial charge in [-0.1, -0.05) is 31.6 Å². The fourth-order valence-corrected chi connectivity index (χ4v) is 3.96. The summed E-state index contributed by atoms with van der Waals surface area (Å²) in [5.41, 5.74) is 0.214. The molecule has 0 saturated heterocycles. The van der Waals surface area contributed by atoms with Crippen molar-refractivity contribution in [1.29, 1.82) is 0 Å². The Morgan fingerprint density at radius 1 is 1.11 bits per heavy atom. The Bertz CT molecular complexity index is 1020. The molecular formula is C18H16F5NO3S. The van der Waals surface area contributed by atoms with Crippen molar-refractivity contribution in [2.24, 2.45) is 0 Å². The van der Waals surface area contributed by atoms with E-state index >= 15 is 0 Å². The Morgan fingerprint density at radius 3 is 2.21 bits per heavy atom.